The third-order valence-electron chi connectivity index (χ3n) is 2.75. The first kappa shape index (κ1) is 12.8. The third-order valence-corrected chi connectivity index (χ3v) is 2.75. The number of nitrogens with two attached hydrogens (primary N) is 1. The van der Waals surface area contributed by atoms with Crippen molar-refractivity contribution in [2.75, 3.05) is 13.7 Å². The van der Waals surface area contributed by atoms with Crippen LogP contribution in [0.1, 0.15) is 29.2 Å². The molecule has 0 aromatic heterocycles. The molecule has 0 aliphatic carbocycles. The highest BCUT2D eigenvalue weighted by molar-refractivity contribution is 5.53. The Labute approximate surface area is 95.7 Å². The highest BCUT2D eigenvalue weighted by Gasteiger charge is 2.17. The SMILES string of the molecule is COc1c(C(N)CCO)cc(C)c(O)c1C. The maximum absolute atomic E-state index is 9.78. The van der Waals surface area contributed by atoms with E-state index in [1.165, 1.54) is 0 Å². The predicted molar refractivity (Wildman–Crippen MR) is 62.8 cm³/mol. The van der Waals surface area contributed by atoms with Crippen LogP contribution < -0.4 is 10.5 Å². The molecule has 0 radical (unpaired) electrons. The first-order valence-corrected chi connectivity index (χ1v) is 5.26. The monoisotopic (exact) mass is 225 g/mol. The van der Waals surface area contributed by atoms with Crippen LogP contribution in [0.2, 0.25) is 0 Å². The van der Waals surface area contributed by atoms with Crippen molar-refractivity contribution in [1.29, 1.82) is 0 Å². The van der Waals surface area contributed by atoms with Crippen molar-refractivity contribution in [2.45, 2.75) is 26.3 Å². The first-order chi connectivity index (χ1) is 7.52. The van der Waals surface area contributed by atoms with E-state index in [1.54, 1.807) is 14.0 Å². The van der Waals surface area contributed by atoms with Crippen molar-refractivity contribution < 1.29 is 14.9 Å². The van der Waals surface area contributed by atoms with Gasteiger partial charge in [0.15, 0.2) is 0 Å². The van der Waals surface area contributed by atoms with Crippen molar-refractivity contribution in [1.82, 2.24) is 0 Å². The molecule has 0 heterocycles. The van der Waals surface area contributed by atoms with Crippen molar-refractivity contribution in [2.24, 2.45) is 5.73 Å². The zero-order chi connectivity index (χ0) is 12.3. The van der Waals surface area contributed by atoms with E-state index in [4.69, 9.17) is 15.6 Å². The molecule has 4 N–H and O–H groups in total. The molecule has 1 aromatic carbocycles. The van der Waals surface area contributed by atoms with E-state index in [0.29, 0.717) is 17.7 Å². The molecule has 0 bridgehead atoms. The van der Waals surface area contributed by atoms with Crippen molar-refractivity contribution in [3.05, 3.63) is 22.8 Å². The molecular weight excluding hydrogens is 206 g/mol. The lowest BCUT2D eigenvalue weighted by Gasteiger charge is -2.19. The Hall–Kier alpha value is -1.26. The molecular formula is C12H19NO3. The second kappa shape index (κ2) is 5.18. The molecule has 0 spiro atoms. The average Bonchev–Trinajstić information content (AvgIpc) is 2.26. The number of aliphatic hydroxyl groups is 1. The van der Waals surface area contributed by atoms with Gasteiger partial charge in [0.2, 0.25) is 0 Å². The molecule has 0 fully saturated rings. The Morgan fingerprint density at radius 3 is 2.56 bits per heavy atom. The van der Waals surface area contributed by atoms with Crippen LogP contribution >= 0.6 is 0 Å². The van der Waals surface area contributed by atoms with Crippen LogP contribution in [0.25, 0.3) is 0 Å². The normalized spacial score (nSPS) is 12.6. The van der Waals surface area contributed by atoms with E-state index < -0.39 is 0 Å². The number of rotatable bonds is 4. The third kappa shape index (κ3) is 2.28. The Balaban J connectivity index is 3.27. The minimum atomic E-state index is -0.280. The predicted octanol–water partition coefficient (Wildman–Crippen LogP) is 1.40. The van der Waals surface area contributed by atoms with Crippen LogP contribution in [0.4, 0.5) is 0 Å². The molecule has 4 nitrogen and oxygen atoms in total. The number of phenols is 1. The number of aryl methyl sites for hydroxylation is 1. The first-order valence-electron chi connectivity index (χ1n) is 5.26. The summed E-state index contributed by atoms with van der Waals surface area (Å²) in [5, 5.41) is 18.7. The molecule has 0 aliphatic rings. The van der Waals surface area contributed by atoms with Gasteiger partial charge in [0.05, 0.1) is 7.11 Å². The molecule has 1 rings (SSSR count). The highest BCUT2D eigenvalue weighted by Crippen LogP contribution is 2.36. The van der Waals surface area contributed by atoms with Gasteiger partial charge < -0.3 is 20.7 Å². The van der Waals surface area contributed by atoms with E-state index in [1.807, 2.05) is 13.0 Å². The summed E-state index contributed by atoms with van der Waals surface area (Å²) in [6, 6.07) is 1.53. The van der Waals surface area contributed by atoms with E-state index in [2.05, 4.69) is 0 Å². The molecule has 1 aromatic rings. The number of hydrogen-bond acceptors (Lipinski definition) is 4. The number of aromatic hydroxyl groups is 1. The van der Waals surface area contributed by atoms with Crippen LogP contribution in [0.3, 0.4) is 0 Å². The van der Waals surface area contributed by atoms with Gasteiger partial charge in [-0.2, -0.15) is 0 Å². The quantitative estimate of drug-likeness (QED) is 0.724. The standard InChI is InChI=1S/C12H19NO3/c1-7-6-9(10(13)4-5-14)12(16-3)8(2)11(7)15/h6,10,14-15H,4-5,13H2,1-3H3. The van der Waals surface area contributed by atoms with E-state index >= 15 is 0 Å². The minimum absolute atomic E-state index is 0.0310. The summed E-state index contributed by atoms with van der Waals surface area (Å²) in [6.45, 7) is 3.64. The second-order valence-corrected chi connectivity index (χ2v) is 3.91. The lowest BCUT2D eigenvalue weighted by Crippen LogP contribution is -2.14. The van der Waals surface area contributed by atoms with Crippen LogP contribution in [-0.2, 0) is 0 Å². The van der Waals surface area contributed by atoms with Crippen LogP contribution in [0, 0.1) is 13.8 Å². The van der Waals surface area contributed by atoms with Crippen LogP contribution in [0.5, 0.6) is 11.5 Å². The van der Waals surface area contributed by atoms with Gasteiger partial charge in [0.1, 0.15) is 11.5 Å². The van der Waals surface area contributed by atoms with E-state index in [-0.39, 0.29) is 18.4 Å². The molecule has 0 saturated heterocycles. The maximum Gasteiger partial charge on any atom is 0.130 e. The van der Waals surface area contributed by atoms with Gasteiger partial charge in [-0.15, -0.1) is 0 Å². The largest absolute Gasteiger partial charge is 0.507 e. The van der Waals surface area contributed by atoms with Gasteiger partial charge in [-0.25, -0.2) is 0 Å². The van der Waals surface area contributed by atoms with Gasteiger partial charge in [-0.3, -0.25) is 0 Å². The molecule has 0 saturated carbocycles. The van der Waals surface area contributed by atoms with Crippen molar-refractivity contribution in [3.63, 3.8) is 0 Å². The summed E-state index contributed by atoms with van der Waals surface area (Å²) in [7, 11) is 1.55. The topological polar surface area (TPSA) is 75.7 Å². The Morgan fingerprint density at radius 2 is 2.06 bits per heavy atom. The number of benzene rings is 1. The smallest absolute Gasteiger partial charge is 0.130 e. The molecule has 1 unspecified atom stereocenters. The van der Waals surface area contributed by atoms with Gasteiger partial charge >= 0.3 is 0 Å². The molecule has 4 heteroatoms. The fraction of sp³-hybridized carbons (Fsp3) is 0.500. The molecule has 1 atom stereocenters. The van der Waals surface area contributed by atoms with Gasteiger partial charge in [0, 0.05) is 23.8 Å². The van der Waals surface area contributed by atoms with Gasteiger partial charge in [0.25, 0.3) is 0 Å². The minimum Gasteiger partial charge on any atom is -0.507 e. The fourth-order valence-electron chi connectivity index (χ4n) is 1.83. The number of hydrogen-bond donors (Lipinski definition) is 3. The zero-order valence-corrected chi connectivity index (χ0v) is 9.95. The Morgan fingerprint density at radius 1 is 1.44 bits per heavy atom. The lowest BCUT2D eigenvalue weighted by atomic mass is 9.97. The second-order valence-electron chi connectivity index (χ2n) is 3.91. The molecule has 0 amide bonds. The number of aliphatic hydroxyl groups excluding tert-OH is 1. The Kier molecular flexibility index (Phi) is 4.15. The highest BCUT2D eigenvalue weighted by atomic mass is 16.5. The van der Waals surface area contributed by atoms with E-state index in [0.717, 1.165) is 11.1 Å². The van der Waals surface area contributed by atoms with Gasteiger partial charge in [-0.05, 0) is 31.9 Å². The summed E-state index contributed by atoms with van der Waals surface area (Å²) in [4.78, 5) is 0. The van der Waals surface area contributed by atoms with Crippen molar-refractivity contribution >= 4 is 0 Å². The van der Waals surface area contributed by atoms with Crippen LogP contribution in [0.15, 0.2) is 6.07 Å². The number of ether oxygens (including phenoxy) is 1. The average molecular weight is 225 g/mol. The summed E-state index contributed by atoms with van der Waals surface area (Å²) in [5.41, 5.74) is 8.22. The summed E-state index contributed by atoms with van der Waals surface area (Å²) in [6.07, 6.45) is 0.472. The molecule has 90 valence electrons. The Bertz CT molecular complexity index is 377. The zero-order valence-electron chi connectivity index (χ0n) is 9.95. The number of phenolic OH excluding ortho intramolecular Hbond substituents is 1. The van der Waals surface area contributed by atoms with E-state index in [9.17, 15) is 5.11 Å². The lowest BCUT2D eigenvalue weighted by molar-refractivity contribution is 0.275. The summed E-state index contributed by atoms with van der Waals surface area (Å²) < 4.78 is 5.26. The maximum atomic E-state index is 9.78. The van der Waals surface area contributed by atoms with Crippen molar-refractivity contribution in [3.8, 4) is 11.5 Å². The summed E-state index contributed by atoms with van der Waals surface area (Å²) >= 11 is 0. The fourth-order valence-corrected chi connectivity index (χ4v) is 1.83. The number of methoxy groups -OCH3 is 1. The molecule has 0 aliphatic heterocycles. The van der Waals surface area contributed by atoms with Gasteiger partial charge in [-0.1, -0.05) is 0 Å². The summed E-state index contributed by atoms with van der Waals surface area (Å²) in [5.74, 6) is 0.834. The molecule has 16 heavy (non-hydrogen) atoms. The van der Waals surface area contributed by atoms with Crippen LogP contribution in [-0.4, -0.2) is 23.9 Å².